The van der Waals surface area contributed by atoms with Crippen LogP contribution in [0.1, 0.15) is 38.9 Å². The molecule has 0 bridgehead atoms. The number of para-hydroxylation sites is 4. The Morgan fingerprint density at radius 3 is 1.43 bits per heavy atom. The number of hydrogen-bond donors (Lipinski definition) is 0. The van der Waals surface area contributed by atoms with Crippen molar-refractivity contribution in [3.63, 3.8) is 0 Å². The monoisotopic (exact) mass is 868 g/mol. The molecule has 0 unspecified atom stereocenters. The zero-order chi connectivity index (χ0) is 45.1. The fraction of sp³-hybridized carbons (Fsp3) is 0.0606. The van der Waals surface area contributed by atoms with Crippen molar-refractivity contribution in [1.29, 1.82) is 0 Å². The Bertz CT molecular complexity index is 3730. The smallest absolute Gasteiger partial charge is 0.0497 e. The second-order valence-corrected chi connectivity index (χ2v) is 18.5. The molecule has 2 heteroatoms. The Balaban J connectivity index is 1.10. The molecule has 68 heavy (non-hydrogen) atoms. The van der Waals surface area contributed by atoms with Crippen LogP contribution in [-0.4, -0.2) is 0 Å². The number of aryl methyl sites for hydroxylation is 1. The maximum atomic E-state index is 2.48. The van der Waals surface area contributed by atoms with Gasteiger partial charge in [-0.2, -0.15) is 0 Å². The van der Waals surface area contributed by atoms with Gasteiger partial charge in [-0.05, 0) is 161 Å². The molecule has 13 rings (SSSR count). The van der Waals surface area contributed by atoms with E-state index in [1.807, 2.05) is 0 Å². The first-order valence-corrected chi connectivity index (χ1v) is 23.9. The quantitative estimate of drug-likeness (QED) is 0.147. The molecule has 0 saturated heterocycles. The summed E-state index contributed by atoms with van der Waals surface area (Å²) < 4.78 is 0. The van der Waals surface area contributed by atoms with Crippen LogP contribution in [0.3, 0.4) is 0 Å². The molecule has 322 valence electrons. The van der Waals surface area contributed by atoms with E-state index in [1.165, 1.54) is 116 Å². The van der Waals surface area contributed by atoms with E-state index in [-0.39, 0.29) is 0 Å². The van der Waals surface area contributed by atoms with E-state index in [9.17, 15) is 0 Å². The topological polar surface area (TPSA) is 6.48 Å². The Morgan fingerprint density at radius 1 is 0.382 bits per heavy atom. The molecule has 0 spiro atoms. The van der Waals surface area contributed by atoms with E-state index in [0.29, 0.717) is 0 Å². The maximum absolute atomic E-state index is 2.48. The van der Waals surface area contributed by atoms with Crippen LogP contribution >= 0.6 is 0 Å². The summed E-state index contributed by atoms with van der Waals surface area (Å²) in [6, 6.07) is 83.8. The highest BCUT2D eigenvalue weighted by Crippen LogP contribution is 2.51. The van der Waals surface area contributed by atoms with Crippen LogP contribution in [0.2, 0.25) is 0 Å². The molecule has 11 aromatic carbocycles. The van der Waals surface area contributed by atoms with Gasteiger partial charge in [-0.25, -0.2) is 0 Å². The Labute approximate surface area is 398 Å². The molecule has 0 fully saturated rings. The normalized spacial score (nSPS) is 12.9. The summed E-state index contributed by atoms with van der Waals surface area (Å²) in [7, 11) is 0. The van der Waals surface area contributed by atoms with Gasteiger partial charge in [-0.3, -0.25) is 0 Å². The van der Waals surface area contributed by atoms with Crippen molar-refractivity contribution in [1.82, 2.24) is 0 Å². The minimum absolute atomic E-state index is 0.831. The molecule has 0 saturated carbocycles. The Hall–Kier alpha value is -8.46. The molecular weight excluding hydrogens is 821 g/mol. The standard InChI is InChI=1S/C66H48N2/c1-44-16-2-3-19-46(44)26-14-17-45-18-15-27-53(38-45)65-57-36-34-56(68-63-30-12-8-24-51(63)41-52-25-9-13-31-64(52)68)43-60(57)66(54-33-32-47-20-4-5-21-48(47)39-54)58-37-35-55(42-59(58)65)67-61-28-10-6-22-49(61)40-50-23-7-11-29-62(50)67/h2-16,18-39,42-43H,17,40-41H2,1H3/b26-14-. The molecule has 0 radical (unpaired) electrons. The minimum atomic E-state index is 0.831. The second-order valence-electron chi connectivity index (χ2n) is 18.5. The number of hydrogen-bond acceptors (Lipinski definition) is 2. The molecule has 2 heterocycles. The zero-order valence-electron chi connectivity index (χ0n) is 38.0. The Kier molecular flexibility index (Phi) is 9.65. The van der Waals surface area contributed by atoms with Gasteiger partial charge in [0.1, 0.15) is 0 Å². The number of anilines is 6. The van der Waals surface area contributed by atoms with Crippen molar-refractivity contribution in [2.45, 2.75) is 26.2 Å². The minimum Gasteiger partial charge on any atom is -0.310 e. The van der Waals surface area contributed by atoms with E-state index in [1.54, 1.807) is 0 Å². The second kappa shape index (κ2) is 16.5. The van der Waals surface area contributed by atoms with Gasteiger partial charge in [-0.1, -0.05) is 182 Å². The van der Waals surface area contributed by atoms with Crippen molar-refractivity contribution in [2.24, 2.45) is 0 Å². The van der Waals surface area contributed by atoms with Gasteiger partial charge in [-0.15, -0.1) is 0 Å². The SMILES string of the molecule is Cc1ccccc1/C=C\Cc1cccc(-c2c3ccc(N4c5ccccc5Cc5ccccc54)cc3c(-c3ccc4ccccc4c3)c3ccc(N4c5ccccc5Cc5ccccc54)cc23)c1. The average Bonchev–Trinajstić information content (AvgIpc) is 3.39. The first-order chi connectivity index (χ1) is 33.6. The van der Waals surface area contributed by atoms with Crippen LogP contribution in [0.5, 0.6) is 0 Å². The Morgan fingerprint density at radius 2 is 0.868 bits per heavy atom. The first kappa shape index (κ1) is 39.9. The molecule has 11 aromatic rings. The number of nitrogens with zero attached hydrogens (tertiary/aromatic N) is 2. The molecule has 2 aliphatic rings. The third-order valence-electron chi connectivity index (χ3n) is 14.4. The highest BCUT2D eigenvalue weighted by Gasteiger charge is 2.28. The van der Waals surface area contributed by atoms with Gasteiger partial charge in [0.2, 0.25) is 0 Å². The lowest BCUT2D eigenvalue weighted by Crippen LogP contribution is -2.18. The van der Waals surface area contributed by atoms with E-state index in [0.717, 1.165) is 30.6 Å². The zero-order valence-corrected chi connectivity index (χ0v) is 38.0. The number of benzene rings is 11. The summed E-state index contributed by atoms with van der Waals surface area (Å²) >= 11 is 0. The van der Waals surface area contributed by atoms with Crippen LogP contribution in [0.4, 0.5) is 34.1 Å². The molecule has 0 amide bonds. The fourth-order valence-electron chi connectivity index (χ4n) is 11.1. The maximum Gasteiger partial charge on any atom is 0.0497 e. The predicted molar refractivity (Wildman–Crippen MR) is 289 cm³/mol. The van der Waals surface area contributed by atoms with Crippen LogP contribution in [0.15, 0.2) is 231 Å². The van der Waals surface area contributed by atoms with Crippen LogP contribution in [-0.2, 0) is 19.3 Å². The van der Waals surface area contributed by atoms with Crippen LogP contribution < -0.4 is 9.80 Å². The summed E-state index contributed by atoms with van der Waals surface area (Å²) in [5, 5.41) is 7.38. The fourth-order valence-corrected chi connectivity index (χ4v) is 11.1. The molecule has 2 aliphatic heterocycles. The highest BCUT2D eigenvalue weighted by molar-refractivity contribution is 6.23. The van der Waals surface area contributed by atoms with Gasteiger partial charge in [0, 0.05) is 47.0 Å². The highest BCUT2D eigenvalue weighted by atomic mass is 15.2. The van der Waals surface area contributed by atoms with Gasteiger partial charge in [0.15, 0.2) is 0 Å². The molecule has 2 nitrogen and oxygen atoms in total. The van der Waals surface area contributed by atoms with Crippen LogP contribution in [0.25, 0.3) is 60.6 Å². The van der Waals surface area contributed by atoms with Crippen LogP contribution in [0, 0.1) is 6.92 Å². The molecule has 0 atom stereocenters. The number of rotatable bonds is 7. The first-order valence-electron chi connectivity index (χ1n) is 23.9. The lowest BCUT2D eigenvalue weighted by Gasteiger charge is -2.34. The van der Waals surface area contributed by atoms with Crippen molar-refractivity contribution in [3.8, 4) is 22.3 Å². The molecule has 0 aliphatic carbocycles. The molecule has 0 N–H and O–H groups in total. The lowest BCUT2D eigenvalue weighted by atomic mass is 9.84. The molecular formula is C66H48N2. The van der Waals surface area contributed by atoms with E-state index in [4.69, 9.17) is 0 Å². The third-order valence-corrected chi connectivity index (χ3v) is 14.4. The summed E-state index contributed by atoms with van der Waals surface area (Å²) in [5.74, 6) is 0. The van der Waals surface area contributed by atoms with Gasteiger partial charge in [0.25, 0.3) is 0 Å². The van der Waals surface area contributed by atoms with Gasteiger partial charge >= 0.3 is 0 Å². The molecule has 0 aromatic heterocycles. The third kappa shape index (κ3) is 6.79. The van der Waals surface area contributed by atoms with Gasteiger partial charge in [0.05, 0.1) is 0 Å². The lowest BCUT2D eigenvalue weighted by molar-refractivity contribution is 1.09. The predicted octanol–water partition coefficient (Wildman–Crippen LogP) is 17.8. The van der Waals surface area contributed by atoms with Crippen molar-refractivity contribution in [3.05, 3.63) is 269 Å². The van der Waals surface area contributed by atoms with Crippen molar-refractivity contribution < 1.29 is 0 Å². The van der Waals surface area contributed by atoms with Gasteiger partial charge < -0.3 is 9.80 Å². The average molecular weight is 869 g/mol. The van der Waals surface area contributed by atoms with E-state index >= 15 is 0 Å². The number of allylic oxidation sites excluding steroid dienone is 1. The number of fused-ring (bicyclic) bond motifs is 7. The largest absolute Gasteiger partial charge is 0.310 e. The summed E-state index contributed by atoms with van der Waals surface area (Å²) in [5.41, 5.74) is 21.3. The van der Waals surface area contributed by atoms with E-state index in [2.05, 4.69) is 253 Å². The summed E-state index contributed by atoms with van der Waals surface area (Å²) in [4.78, 5) is 4.97. The summed E-state index contributed by atoms with van der Waals surface area (Å²) in [6.07, 6.45) is 7.24. The summed E-state index contributed by atoms with van der Waals surface area (Å²) in [6.45, 7) is 2.18. The van der Waals surface area contributed by atoms with Crippen molar-refractivity contribution >= 4 is 72.5 Å². The van der Waals surface area contributed by atoms with Crippen molar-refractivity contribution in [2.75, 3.05) is 9.80 Å². The van der Waals surface area contributed by atoms with E-state index < -0.39 is 0 Å².